The lowest BCUT2D eigenvalue weighted by Crippen LogP contribution is -2.23. The molecule has 0 saturated heterocycles. The van der Waals surface area contributed by atoms with Crippen LogP contribution >= 0.6 is 0 Å². The van der Waals surface area contributed by atoms with Gasteiger partial charge >= 0.3 is 12.1 Å². The average molecular weight is 247 g/mol. The second-order valence-corrected chi connectivity index (χ2v) is 3.14. The van der Waals surface area contributed by atoms with Crippen LogP contribution in [0.1, 0.15) is 16.1 Å². The number of carboxylic acid groups (broad SMARTS) is 1. The van der Waals surface area contributed by atoms with Crippen LogP contribution in [0.2, 0.25) is 0 Å². The number of aromatic nitrogens is 3. The fraction of sp³-hybridized carbons (Fsp3) is 0.125. The zero-order chi connectivity index (χ0) is 12.8. The molecule has 0 aromatic carbocycles. The van der Waals surface area contributed by atoms with Crippen LogP contribution in [0.25, 0.3) is 5.65 Å². The highest BCUT2D eigenvalue weighted by atomic mass is 19.4. The maximum atomic E-state index is 12.3. The number of fused-ring (bicyclic) bond motifs is 1. The molecule has 0 aliphatic carbocycles. The molecule has 2 aromatic rings. The summed E-state index contributed by atoms with van der Waals surface area (Å²) in [5, 5.41) is 11.6. The Bertz CT molecular complexity index is 655. The Hall–Kier alpha value is -2.32. The molecule has 0 aliphatic heterocycles. The number of nitrogens with zero attached hydrogens (tertiary/aromatic N) is 2. The van der Waals surface area contributed by atoms with E-state index in [9.17, 15) is 22.8 Å². The fourth-order valence-electron chi connectivity index (χ4n) is 1.25. The molecule has 2 heterocycles. The van der Waals surface area contributed by atoms with Crippen molar-refractivity contribution < 1.29 is 23.1 Å². The first-order valence-electron chi connectivity index (χ1n) is 4.22. The zero-order valence-corrected chi connectivity index (χ0v) is 7.95. The maximum Gasteiger partial charge on any atom is 0.435 e. The molecule has 6 nitrogen and oxygen atoms in total. The summed E-state index contributed by atoms with van der Waals surface area (Å²) < 4.78 is 37.3. The van der Waals surface area contributed by atoms with Gasteiger partial charge in [0, 0.05) is 12.3 Å². The van der Waals surface area contributed by atoms with E-state index in [0.717, 1.165) is 6.20 Å². The van der Waals surface area contributed by atoms with E-state index in [2.05, 4.69) is 10.1 Å². The lowest BCUT2D eigenvalue weighted by Gasteiger charge is -1.98. The summed E-state index contributed by atoms with van der Waals surface area (Å²) in [5.41, 5.74) is -3.31. The summed E-state index contributed by atoms with van der Waals surface area (Å²) in [6, 6.07) is 0.618. The minimum Gasteiger partial charge on any atom is -0.477 e. The molecule has 90 valence electrons. The lowest BCUT2D eigenvalue weighted by molar-refractivity contribution is -0.141. The van der Waals surface area contributed by atoms with Gasteiger partial charge in [-0.3, -0.25) is 4.79 Å². The maximum absolute atomic E-state index is 12.3. The standard InChI is InChI=1S/C8H4F3N3O3/c9-8(10,11)4-1-5-12-2-3(7(16)17)6(15)14(5)13-4/h1-2,12H,(H,16,17). The van der Waals surface area contributed by atoms with Crippen molar-refractivity contribution in [2.45, 2.75) is 6.18 Å². The fourth-order valence-corrected chi connectivity index (χ4v) is 1.25. The molecule has 9 heteroatoms. The van der Waals surface area contributed by atoms with Gasteiger partial charge in [-0.05, 0) is 0 Å². The van der Waals surface area contributed by atoms with Crippen molar-refractivity contribution in [3.8, 4) is 0 Å². The first-order valence-corrected chi connectivity index (χ1v) is 4.22. The Morgan fingerprint density at radius 3 is 2.65 bits per heavy atom. The van der Waals surface area contributed by atoms with Crippen LogP contribution in [0.3, 0.4) is 0 Å². The van der Waals surface area contributed by atoms with Crippen LogP contribution in [0.5, 0.6) is 0 Å². The Labute approximate surface area is 90.3 Å². The molecule has 2 rings (SSSR count). The monoisotopic (exact) mass is 247 g/mol. The van der Waals surface area contributed by atoms with Gasteiger partial charge in [0.2, 0.25) is 0 Å². The number of carboxylic acids is 1. The van der Waals surface area contributed by atoms with Crippen LogP contribution in [0.4, 0.5) is 13.2 Å². The van der Waals surface area contributed by atoms with Crippen molar-refractivity contribution in [2.75, 3.05) is 0 Å². The Kier molecular flexibility index (Phi) is 2.19. The second-order valence-electron chi connectivity index (χ2n) is 3.14. The summed E-state index contributed by atoms with van der Waals surface area (Å²) in [6.07, 6.45) is -3.88. The van der Waals surface area contributed by atoms with Crippen molar-refractivity contribution >= 4 is 11.6 Å². The van der Waals surface area contributed by atoms with Gasteiger partial charge in [0.1, 0.15) is 11.2 Å². The quantitative estimate of drug-likeness (QED) is 0.777. The number of hydrogen-bond acceptors (Lipinski definition) is 3. The lowest BCUT2D eigenvalue weighted by atomic mass is 10.3. The van der Waals surface area contributed by atoms with E-state index in [0.29, 0.717) is 10.6 Å². The molecule has 0 atom stereocenters. The van der Waals surface area contributed by atoms with E-state index >= 15 is 0 Å². The Morgan fingerprint density at radius 1 is 1.47 bits per heavy atom. The van der Waals surface area contributed by atoms with Gasteiger partial charge in [0.15, 0.2) is 5.69 Å². The number of H-pyrrole nitrogens is 1. The molecule has 0 bridgehead atoms. The highest BCUT2D eigenvalue weighted by Gasteiger charge is 2.34. The van der Waals surface area contributed by atoms with Crippen LogP contribution in [0.15, 0.2) is 17.1 Å². The van der Waals surface area contributed by atoms with Crippen LogP contribution < -0.4 is 5.56 Å². The molecule has 0 fully saturated rings. The van der Waals surface area contributed by atoms with E-state index in [1.807, 2.05) is 0 Å². The van der Waals surface area contributed by atoms with Gasteiger partial charge in [0.25, 0.3) is 5.56 Å². The van der Waals surface area contributed by atoms with Gasteiger partial charge in [0.05, 0.1) is 0 Å². The molecule has 17 heavy (non-hydrogen) atoms. The Balaban J connectivity index is 2.75. The van der Waals surface area contributed by atoms with Gasteiger partial charge in [-0.2, -0.15) is 22.8 Å². The molecule has 0 saturated carbocycles. The summed E-state index contributed by atoms with van der Waals surface area (Å²) in [5.74, 6) is -1.54. The third-order valence-electron chi connectivity index (χ3n) is 2.02. The Morgan fingerprint density at radius 2 is 2.12 bits per heavy atom. The number of hydrogen-bond donors (Lipinski definition) is 2. The normalized spacial score (nSPS) is 11.9. The molecule has 2 aromatic heterocycles. The number of halogens is 3. The van der Waals surface area contributed by atoms with Crippen molar-refractivity contribution in [3.05, 3.63) is 33.9 Å². The smallest absolute Gasteiger partial charge is 0.435 e. The first-order chi connectivity index (χ1) is 7.80. The highest BCUT2D eigenvalue weighted by Crippen LogP contribution is 2.27. The molecule has 0 radical (unpaired) electrons. The number of aromatic amines is 1. The van der Waals surface area contributed by atoms with E-state index in [4.69, 9.17) is 5.11 Å². The molecular formula is C8H4F3N3O3. The molecular weight excluding hydrogens is 243 g/mol. The van der Waals surface area contributed by atoms with Gasteiger partial charge in [-0.1, -0.05) is 0 Å². The van der Waals surface area contributed by atoms with Crippen molar-refractivity contribution in [3.63, 3.8) is 0 Å². The average Bonchev–Trinajstić information content (AvgIpc) is 2.61. The predicted octanol–water partition coefficient (Wildman–Crippen LogP) is 0.740. The largest absolute Gasteiger partial charge is 0.477 e. The minimum atomic E-state index is -4.70. The summed E-state index contributed by atoms with van der Waals surface area (Å²) in [7, 11) is 0. The van der Waals surface area contributed by atoms with E-state index in [1.165, 1.54) is 0 Å². The van der Waals surface area contributed by atoms with Crippen molar-refractivity contribution in [1.29, 1.82) is 0 Å². The SMILES string of the molecule is O=C(O)c1c[nH]c2cc(C(F)(F)F)nn2c1=O. The predicted molar refractivity (Wildman–Crippen MR) is 47.8 cm³/mol. The third-order valence-corrected chi connectivity index (χ3v) is 2.02. The number of aromatic carboxylic acids is 1. The first kappa shape index (κ1) is 11.2. The van der Waals surface area contributed by atoms with Gasteiger partial charge < -0.3 is 10.1 Å². The highest BCUT2D eigenvalue weighted by molar-refractivity contribution is 5.86. The topological polar surface area (TPSA) is 87.5 Å². The minimum absolute atomic E-state index is 0.229. The molecule has 0 unspecified atom stereocenters. The van der Waals surface area contributed by atoms with Crippen LogP contribution in [-0.4, -0.2) is 25.7 Å². The summed E-state index contributed by atoms with van der Waals surface area (Å²) in [6.45, 7) is 0. The van der Waals surface area contributed by atoms with Gasteiger partial charge in [-0.15, -0.1) is 0 Å². The molecule has 0 aliphatic rings. The zero-order valence-electron chi connectivity index (χ0n) is 7.95. The number of nitrogens with one attached hydrogen (secondary N) is 1. The van der Waals surface area contributed by atoms with Crippen molar-refractivity contribution in [1.82, 2.24) is 14.6 Å². The number of rotatable bonds is 1. The summed E-state index contributed by atoms with van der Waals surface area (Å²) in [4.78, 5) is 24.3. The van der Waals surface area contributed by atoms with Crippen molar-refractivity contribution in [2.24, 2.45) is 0 Å². The molecule has 0 spiro atoms. The third kappa shape index (κ3) is 1.75. The van der Waals surface area contributed by atoms with E-state index in [1.54, 1.807) is 0 Å². The summed E-state index contributed by atoms with van der Waals surface area (Å²) >= 11 is 0. The second kappa shape index (κ2) is 3.34. The van der Waals surface area contributed by atoms with E-state index in [-0.39, 0.29) is 5.65 Å². The van der Waals surface area contributed by atoms with E-state index < -0.39 is 29.0 Å². The number of carbonyl (C=O) groups is 1. The molecule has 0 amide bonds. The van der Waals surface area contributed by atoms with Crippen LogP contribution in [0, 0.1) is 0 Å². The molecule has 2 N–H and O–H groups in total. The number of alkyl halides is 3. The van der Waals surface area contributed by atoms with Crippen LogP contribution in [-0.2, 0) is 6.18 Å². The van der Waals surface area contributed by atoms with Gasteiger partial charge in [-0.25, -0.2) is 4.79 Å².